The summed E-state index contributed by atoms with van der Waals surface area (Å²) in [4.78, 5) is 8.07. The molecule has 0 saturated carbocycles. The lowest BCUT2D eigenvalue weighted by molar-refractivity contribution is 0.158. The van der Waals surface area contributed by atoms with Gasteiger partial charge in [-0.25, -0.2) is 0 Å². The van der Waals surface area contributed by atoms with E-state index >= 15 is 0 Å². The standard InChI is InChI=1S/C14H24N2O/c1-2-3-4-5-6-7-8-9-14(17)13-12-15-10-11-16-13/h10-12,14,17H,2-9H2,1H3. The third-order valence-electron chi connectivity index (χ3n) is 3.01. The fourth-order valence-corrected chi connectivity index (χ4v) is 1.93. The van der Waals surface area contributed by atoms with Crippen LogP contribution in [0.2, 0.25) is 0 Å². The second kappa shape index (κ2) is 9.11. The van der Waals surface area contributed by atoms with Gasteiger partial charge in [-0.05, 0) is 6.42 Å². The van der Waals surface area contributed by atoms with Crippen molar-refractivity contribution in [1.82, 2.24) is 9.97 Å². The van der Waals surface area contributed by atoms with Gasteiger partial charge in [0.25, 0.3) is 0 Å². The Morgan fingerprint density at radius 3 is 2.41 bits per heavy atom. The van der Waals surface area contributed by atoms with Crippen LogP contribution in [0.1, 0.15) is 70.1 Å². The van der Waals surface area contributed by atoms with Crippen LogP contribution in [0.5, 0.6) is 0 Å². The topological polar surface area (TPSA) is 46.0 Å². The maximum Gasteiger partial charge on any atom is 0.0975 e. The number of nitrogens with zero attached hydrogens (tertiary/aromatic N) is 2. The molecule has 0 radical (unpaired) electrons. The molecular formula is C14H24N2O. The highest BCUT2D eigenvalue weighted by Gasteiger charge is 2.07. The molecule has 0 aliphatic rings. The van der Waals surface area contributed by atoms with Gasteiger partial charge in [-0.2, -0.15) is 0 Å². The molecule has 96 valence electrons. The van der Waals surface area contributed by atoms with Gasteiger partial charge in [0.15, 0.2) is 0 Å². The molecule has 1 heterocycles. The van der Waals surface area contributed by atoms with E-state index in [1.165, 1.54) is 38.5 Å². The van der Waals surface area contributed by atoms with Gasteiger partial charge in [-0.15, -0.1) is 0 Å². The summed E-state index contributed by atoms with van der Waals surface area (Å²) in [5, 5.41) is 9.86. The van der Waals surface area contributed by atoms with Gasteiger partial charge in [0.2, 0.25) is 0 Å². The van der Waals surface area contributed by atoms with Crippen LogP contribution in [0, 0.1) is 0 Å². The third-order valence-corrected chi connectivity index (χ3v) is 3.01. The van der Waals surface area contributed by atoms with Gasteiger partial charge in [0, 0.05) is 12.4 Å². The largest absolute Gasteiger partial charge is 0.387 e. The number of aromatic nitrogens is 2. The molecule has 0 aromatic carbocycles. The molecule has 0 aliphatic carbocycles. The second-order valence-electron chi connectivity index (χ2n) is 4.56. The van der Waals surface area contributed by atoms with Crippen molar-refractivity contribution in [3.05, 3.63) is 24.3 Å². The zero-order valence-electron chi connectivity index (χ0n) is 10.8. The lowest BCUT2D eigenvalue weighted by Gasteiger charge is -2.08. The highest BCUT2D eigenvalue weighted by Crippen LogP contribution is 2.17. The Morgan fingerprint density at radius 1 is 1.06 bits per heavy atom. The highest BCUT2D eigenvalue weighted by molar-refractivity contribution is 4.98. The first-order valence-electron chi connectivity index (χ1n) is 6.78. The molecule has 0 amide bonds. The monoisotopic (exact) mass is 236 g/mol. The van der Waals surface area contributed by atoms with Crippen LogP contribution in [0.15, 0.2) is 18.6 Å². The predicted octanol–water partition coefficient (Wildman–Crippen LogP) is 3.65. The van der Waals surface area contributed by atoms with E-state index in [0.717, 1.165) is 12.8 Å². The molecular weight excluding hydrogens is 212 g/mol. The Labute approximate surface area is 104 Å². The summed E-state index contributed by atoms with van der Waals surface area (Å²) in [7, 11) is 0. The molecule has 1 aromatic heterocycles. The Morgan fingerprint density at radius 2 is 1.76 bits per heavy atom. The van der Waals surface area contributed by atoms with E-state index in [0.29, 0.717) is 5.69 Å². The molecule has 0 aliphatic heterocycles. The Bertz CT molecular complexity index is 277. The molecule has 0 fully saturated rings. The van der Waals surface area contributed by atoms with Crippen LogP contribution >= 0.6 is 0 Å². The summed E-state index contributed by atoms with van der Waals surface area (Å²) in [6.07, 6.45) is 14.1. The van der Waals surface area contributed by atoms with Crippen molar-refractivity contribution in [2.75, 3.05) is 0 Å². The van der Waals surface area contributed by atoms with Gasteiger partial charge >= 0.3 is 0 Å². The summed E-state index contributed by atoms with van der Waals surface area (Å²) in [5.74, 6) is 0. The normalized spacial score (nSPS) is 12.6. The number of unbranched alkanes of at least 4 members (excludes halogenated alkanes) is 6. The number of aliphatic hydroxyl groups excluding tert-OH is 1. The van der Waals surface area contributed by atoms with Crippen LogP contribution < -0.4 is 0 Å². The molecule has 0 saturated heterocycles. The van der Waals surface area contributed by atoms with Crippen molar-refractivity contribution in [3.63, 3.8) is 0 Å². The first kappa shape index (κ1) is 14.1. The van der Waals surface area contributed by atoms with Crippen molar-refractivity contribution >= 4 is 0 Å². The van der Waals surface area contributed by atoms with E-state index in [9.17, 15) is 5.11 Å². The molecule has 0 spiro atoms. The summed E-state index contributed by atoms with van der Waals surface area (Å²) < 4.78 is 0. The van der Waals surface area contributed by atoms with Crippen molar-refractivity contribution in [2.45, 2.75) is 64.4 Å². The minimum absolute atomic E-state index is 0.445. The van der Waals surface area contributed by atoms with E-state index < -0.39 is 6.10 Å². The Balaban J connectivity index is 2.03. The van der Waals surface area contributed by atoms with E-state index in [-0.39, 0.29) is 0 Å². The van der Waals surface area contributed by atoms with Crippen LogP contribution in [0.4, 0.5) is 0 Å². The summed E-state index contributed by atoms with van der Waals surface area (Å²) >= 11 is 0. The quantitative estimate of drug-likeness (QED) is 0.666. The van der Waals surface area contributed by atoms with Gasteiger partial charge in [0.1, 0.15) is 0 Å². The average Bonchev–Trinajstić information content (AvgIpc) is 2.38. The van der Waals surface area contributed by atoms with Gasteiger partial charge in [0.05, 0.1) is 18.0 Å². The smallest absolute Gasteiger partial charge is 0.0975 e. The molecule has 1 N–H and O–H groups in total. The molecule has 3 nitrogen and oxygen atoms in total. The summed E-state index contributed by atoms with van der Waals surface area (Å²) in [6, 6.07) is 0. The number of hydrogen-bond donors (Lipinski definition) is 1. The fourth-order valence-electron chi connectivity index (χ4n) is 1.93. The summed E-state index contributed by atoms with van der Waals surface area (Å²) in [5.41, 5.74) is 0.693. The minimum atomic E-state index is -0.445. The lowest BCUT2D eigenvalue weighted by atomic mass is 10.1. The average molecular weight is 236 g/mol. The lowest BCUT2D eigenvalue weighted by Crippen LogP contribution is -2.00. The van der Waals surface area contributed by atoms with Crippen LogP contribution in [0.25, 0.3) is 0 Å². The molecule has 3 heteroatoms. The van der Waals surface area contributed by atoms with E-state index in [2.05, 4.69) is 16.9 Å². The maximum absolute atomic E-state index is 9.86. The fraction of sp³-hybridized carbons (Fsp3) is 0.714. The van der Waals surface area contributed by atoms with Crippen molar-refractivity contribution in [2.24, 2.45) is 0 Å². The second-order valence-corrected chi connectivity index (χ2v) is 4.56. The number of rotatable bonds is 9. The van der Waals surface area contributed by atoms with Crippen molar-refractivity contribution < 1.29 is 5.11 Å². The SMILES string of the molecule is CCCCCCCCCC(O)c1cnccn1. The molecule has 1 atom stereocenters. The molecule has 0 bridgehead atoms. The van der Waals surface area contributed by atoms with Gasteiger partial charge < -0.3 is 5.11 Å². The van der Waals surface area contributed by atoms with Gasteiger partial charge in [-0.1, -0.05) is 51.9 Å². The molecule has 1 aromatic rings. The molecule has 1 unspecified atom stereocenters. The molecule has 1 rings (SSSR count). The predicted molar refractivity (Wildman–Crippen MR) is 69.6 cm³/mol. The number of aliphatic hydroxyl groups is 1. The number of hydrogen-bond acceptors (Lipinski definition) is 3. The van der Waals surface area contributed by atoms with Crippen molar-refractivity contribution in [1.29, 1.82) is 0 Å². The minimum Gasteiger partial charge on any atom is -0.387 e. The zero-order valence-corrected chi connectivity index (χ0v) is 10.8. The third kappa shape index (κ3) is 6.37. The van der Waals surface area contributed by atoms with Gasteiger partial charge in [-0.3, -0.25) is 9.97 Å². The van der Waals surface area contributed by atoms with Crippen LogP contribution in [-0.4, -0.2) is 15.1 Å². The Hall–Kier alpha value is -0.960. The van der Waals surface area contributed by atoms with Crippen LogP contribution in [-0.2, 0) is 0 Å². The highest BCUT2D eigenvalue weighted by atomic mass is 16.3. The maximum atomic E-state index is 9.86. The Kier molecular flexibility index (Phi) is 7.56. The summed E-state index contributed by atoms with van der Waals surface area (Å²) in [6.45, 7) is 2.23. The van der Waals surface area contributed by atoms with E-state index in [4.69, 9.17) is 0 Å². The van der Waals surface area contributed by atoms with Crippen molar-refractivity contribution in [3.8, 4) is 0 Å². The first-order valence-corrected chi connectivity index (χ1v) is 6.78. The van der Waals surface area contributed by atoms with E-state index in [1.807, 2.05) is 0 Å². The zero-order chi connectivity index (χ0) is 12.3. The first-order chi connectivity index (χ1) is 8.34. The molecule has 17 heavy (non-hydrogen) atoms. The van der Waals surface area contributed by atoms with E-state index in [1.54, 1.807) is 18.6 Å². The van der Waals surface area contributed by atoms with Crippen LogP contribution in [0.3, 0.4) is 0 Å².